The van der Waals surface area contributed by atoms with Crippen LogP contribution in [0.2, 0.25) is 0 Å². The van der Waals surface area contributed by atoms with E-state index in [0.717, 1.165) is 0 Å². The van der Waals surface area contributed by atoms with Crippen LogP contribution in [0.4, 0.5) is 0 Å². The van der Waals surface area contributed by atoms with Gasteiger partial charge in [0.05, 0.1) is 0 Å². The Hall–Kier alpha value is 1.79. The molecule has 0 aliphatic heterocycles. The Morgan fingerprint density at radius 3 is 1.90 bits per heavy atom. The molecular weight excluding hydrogens is 490 g/mol. The summed E-state index contributed by atoms with van der Waals surface area (Å²) in [6.07, 6.45) is 5.68. The molecule has 0 heterocycles. The van der Waals surface area contributed by atoms with E-state index in [1.165, 1.54) is 36.4 Å². The summed E-state index contributed by atoms with van der Waals surface area (Å²) < 4.78 is 1.65. The zero-order valence-corrected chi connectivity index (χ0v) is 14.3. The van der Waals surface area contributed by atoms with E-state index in [0.29, 0.717) is 0 Å². The first-order valence-corrected chi connectivity index (χ1v) is 4.18. The van der Waals surface area contributed by atoms with E-state index in [-0.39, 0.29) is 50.9 Å². The van der Waals surface area contributed by atoms with Crippen molar-refractivity contribution >= 4 is 50.9 Å². The van der Waals surface area contributed by atoms with Crippen LogP contribution in [0.3, 0.4) is 0 Å². The van der Waals surface area contributed by atoms with Crippen LogP contribution in [-0.4, -0.2) is 0 Å². The van der Waals surface area contributed by atoms with Gasteiger partial charge in [0.25, 0.3) is 0 Å². The molecule has 0 bridgehead atoms. The quantitative estimate of drug-likeness (QED) is 0.447. The van der Waals surface area contributed by atoms with Gasteiger partial charge >= 0.3 is 58.8 Å². The van der Waals surface area contributed by atoms with Gasteiger partial charge in [-0.3, -0.25) is 0 Å². The third-order valence-electron chi connectivity index (χ3n) is 1.17. The molecule has 0 saturated heterocycles. The van der Waals surface area contributed by atoms with Gasteiger partial charge in [0.2, 0.25) is 0 Å². The Bertz CT molecular complexity index is 140. The van der Waals surface area contributed by atoms with Crippen LogP contribution in [0.25, 0.3) is 0 Å². The molecule has 0 aromatic heterocycles. The second-order valence-electron chi connectivity index (χ2n) is 1.77. The van der Waals surface area contributed by atoms with Gasteiger partial charge in [-0.1, -0.05) is 0 Å². The first kappa shape index (κ1) is 17.8. The molecule has 1 aliphatic rings. The van der Waals surface area contributed by atoms with Gasteiger partial charge in [-0.05, 0) is 0 Å². The van der Waals surface area contributed by atoms with Crippen LogP contribution < -0.4 is 0 Å². The maximum absolute atomic E-state index is 2.23. The predicted octanol–water partition coefficient (Wildman–Crippen LogP) is 3.50. The number of hydrogen-bond donors (Lipinski definition) is 0. The van der Waals surface area contributed by atoms with Crippen molar-refractivity contribution in [2.24, 2.45) is 0 Å². The van der Waals surface area contributed by atoms with Crippen LogP contribution in [0.1, 0.15) is 13.3 Å². The zero-order chi connectivity index (χ0) is 5.28. The molecule has 0 saturated carbocycles. The second-order valence-corrected chi connectivity index (χ2v) is 3.94. The minimum atomic E-state index is 0. The third kappa shape index (κ3) is 5.44. The van der Waals surface area contributed by atoms with Crippen molar-refractivity contribution in [3.05, 3.63) is 21.1 Å². The van der Waals surface area contributed by atoms with Crippen LogP contribution in [-0.2, 0) is 24.4 Å². The average Bonchev–Trinajstić information content (AvgIpc) is 1.91. The molecular formula is C6H10Br3Hf. The third-order valence-corrected chi connectivity index (χ3v) is 3.32. The zero-order valence-electron chi connectivity index (χ0n) is 5.59. The summed E-state index contributed by atoms with van der Waals surface area (Å²) in [5, 5.41) is 0. The van der Waals surface area contributed by atoms with Crippen molar-refractivity contribution in [3.8, 4) is 0 Å². The molecule has 0 spiro atoms. The van der Waals surface area contributed by atoms with Crippen molar-refractivity contribution in [1.82, 2.24) is 0 Å². The Morgan fingerprint density at radius 1 is 1.30 bits per heavy atom. The fourth-order valence-electron chi connectivity index (χ4n) is 0.615. The van der Waals surface area contributed by atoms with Crippen LogP contribution >= 0.6 is 50.9 Å². The van der Waals surface area contributed by atoms with Gasteiger partial charge in [0.15, 0.2) is 0 Å². The summed E-state index contributed by atoms with van der Waals surface area (Å²) in [4.78, 5) is 0. The molecule has 0 N–H and O–H groups in total. The molecule has 0 amide bonds. The van der Waals surface area contributed by atoms with Gasteiger partial charge in [-0.2, -0.15) is 0 Å². The van der Waals surface area contributed by atoms with Crippen molar-refractivity contribution < 1.29 is 24.4 Å². The molecule has 1 rings (SSSR count). The minimum absolute atomic E-state index is 0. The van der Waals surface area contributed by atoms with Crippen molar-refractivity contribution in [1.29, 1.82) is 0 Å². The van der Waals surface area contributed by atoms with E-state index < -0.39 is 0 Å². The normalized spacial score (nSPS) is 13.2. The van der Waals surface area contributed by atoms with E-state index in [2.05, 4.69) is 19.1 Å². The van der Waals surface area contributed by atoms with E-state index in [1.807, 2.05) is 0 Å². The SMILES string of the molecule is Br.Br.Br.CC1=[C]([Hf])CC=C1. The Labute approximate surface area is 108 Å². The Balaban J connectivity index is -0.000000163. The van der Waals surface area contributed by atoms with Crippen LogP contribution in [0, 0.1) is 0 Å². The van der Waals surface area contributed by atoms with Crippen molar-refractivity contribution in [2.75, 3.05) is 0 Å². The summed E-state index contributed by atoms with van der Waals surface area (Å²) in [5.41, 5.74) is 1.51. The van der Waals surface area contributed by atoms with Crippen molar-refractivity contribution in [3.63, 3.8) is 0 Å². The van der Waals surface area contributed by atoms with Gasteiger partial charge in [0, 0.05) is 0 Å². The average molecular weight is 500 g/mol. The number of rotatable bonds is 0. The molecule has 4 heteroatoms. The van der Waals surface area contributed by atoms with Gasteiger partial charge in [-0.25, -0.2) is 0 Å². The molecule has 0 fully saturated rings. The molecule has 0 aromatic rings. The molecule has 0 unspecified atom stereocenters. The number of halogens is 3. The molecule has 59 valence electrons. The fourth-order valence-corrected chi connectivity index (χ4v) is 1.34. The summed E-state index contributed by atoms with van der Waals surface area (Å²) >= 11 is 1.25. The summed E-state index contributed by atoms with van der Waals surface area (Å²) in [6.45, 7) is 2.19. The predicted molar refractivity (Wildman–Crippen MR) is 57.4 cm³/mol. The number of hydrogen-bond acceptors (Lipinski definition) is 0. The van der Waals surface area contributed by atoms with E-state index >= 15 is 0 Å². The number of allylic oxidation sites excluding steroid dienone is 4. The second kappa shape index (κ2) is 8.88. The molecule has 10 heavy (non-hydrogen) atoms. The summed E-state index contributed by atoms with van der Waals surface area (Å²) in [7, 11) is 0. The molecule has 1 aliphatic carbocycles. The van der Waals surface area contributed by atoms with Gasteiger partial charge in [0.1, 0.15) is 0 Å². The van der Waals surface area contributed by atoms with Gasteiger partial charge in [-0.15, -0.1) is 50.9 Å². The monoisotopic (exact) mass is 499 g/mol. The molecule has 0 nitrogen and oxygen atoms in total. The van der Waals surface area contributed by atoms with Crippen molar-refractivity contribution in [2.45, 2.75) is 13.3 Å². The van der Waals surface area contributed by atoms with E-state index in [4.69, 9.17) is 0 Å². The first-order chi connectivity index (χ1) is 3.30. The molecule has 0 aromatic carbocycles. The molecule has 0 radical (unpaired) electrons. The first-order valence-electron chi connectivity index (χ1n) is 2.38. The molecule has 0 atom stereocenters. The Kier molecular flexibility index (Phi) is 15.8. The van der Waals surface area contributed by atoms with Gasteiger partial charge < -0.3 is 0 Å². The maximum atomic E-state index is 2.23. The summed E-state index contributed by atoms with van der Waals surface area (Å²) in [5.74, 6) is 0. The van der Waals surface area contributed by atoms with Crippen LogP contribution in [0.5, 0.6) is 0 Å². The van der Waals surface area contributed by atoms with E-state index in [9.17, 15) is 0 Å². The standard InChI is InChI=1S/C6H7.3BrH.Hf/c1-6-4-2-3-5-6;;;;/h2,4H,3H2,1H3;3*1H;. The van der Waals surface area contributed by atoms with E-state index in [1.54, 1.807) is 3.33 Å². The summed E-state index contributed by atoms with van der Waals surface area (Å²) in [6, 6.07) is 0. The fraction of sp³-hybridized carbons (Fsp3) is 0.333. The Morgan fingerprint density at radius 2 is 1.80 bits per heavy atom. The topological polar surface area (TPSA) is 0 Å². The van der Waals surface area contributed by atoms with Crippen LogP contribution in [0.15, 0.2) is 21.1 Å².